The van der Waals surface area contributed by atoms with Crippen LogP contribution in [0.2, 0.25) is 0 Å². The van der Waals surface area contributed by atoms with Gasteiger partial charge in [0.15, 0.2) is 5.00 Å². The van der Waals surface area contributed by atoms with Gasteiger partial charge in [-0.15, -0.1) is 10.2 Å². The second-order valence-electron chi connectivity index (χ2n) is 5.49. The zero-order valence-corrected chi connectivity index (χ0v) is 15.1. The van der Waals surface area contributed by atoms with Crippen molar-refractivity contribution in [2.75, 3.05) is 5.43 Å². The topological polar surface area (TPSA) is 74.9 Å². The molecule has 6 nitrogen and oxygen atoms in total. The van der Waals surface area contributed by atoms with Crippen molar-refractivity contribution in [1.82, 2.24) is 9.97 Å². The predicted octanol–water partition coefficient (Wildman–Crippen LogP) is 5.41. The number of benzene rings is 1. The van der Waals surface area contributed by atoms with Crippen molar-refractivity contribution in [3.63, 3.8) is 0 Å². The molecule has 3 rings (SSSR count). The standard InChI is InChI=1S/C18H18N6S/c1-12-4-6-16(7-5-12)22-23-17-14(3)20-18(25-17)24-21-13(2)15-8-10-19-11-9-15/h4-11H,1-3H3,(H,20,24)/b21-13+,23-22?. The number of thiazole rings is 1. The molecule has 126 valence electrons. The van der Waals surface area contributed by atoms with Crippen molar-refractivity contribution < 1.29 is 0 Å². The van der Waals surface area contributed by atoms with Gasteiger partial charge in [0, 0.05) is 18.0 Å². The Labute approximate surface area is 150 Å². The summed E-state index contributed by atoms with van der Waals surface area (Å²) in [4.78, 5) is 8.44. The van der Waals surface area contributed by atoms with Crippen molar-refractivity contribution in [3.8, 4) is 0 Å². The maximum atomic E-state index is 4.44. The summed E-state index contributed by atoms with van der Waals surface area (Å²) < 4.78 is 0. The van der Waals surface area contributed by atoms with E-state index in [1.165, 1.54) is 16.9 Å². The molecule has 2 heterocycles. The van der Waals surface area contributed by atoms with E-state index in [0.717, 1.165) is 27.7 Å². The first kappa shape index (κ1) is 16.9. The number of hydrogen-bond acceptors (Lipinski definition) is 7. The number of rotatable bonds is 5. The van der Waals surface area contributed by atoms with Gasteiger partial charge in [0.2, 0.25) is 5.13 Å². The summed E-state index contributed by atoms with van der Waals surface area (Å²) in [5, 5.41) is 14.4. The molecule has 0 fully saturated rings. The van der Waals surface area contributed by atoms with Crippen LogP contribution in [-0.2, 0) is 0 Å². The second-order valence-corrected chi connectivity index (χ2v) is 6.47. The van der Waals surface area contributed by atoms with E-state index in [9.17, 15) is 0 Å². The van der Waals surface area contributed by atoms with Gasteiger partial charge in [-0.25, -0.2) is 4.98 Å². The molecule has 0 amide bonds. The SMILES string of the molecule is C/C(=N\Nc1nc(C)c(N=Nc2ccc(C)cc2)s1)c1ccncc1. The van der Waals surface area contributed by atoms with Crippen LogP contribution in [0.5, 0.6) is 0 Å². The van der Waals surface area contributed by atoms with Crippen LogP contribution in [0.3, 0.4) is 0 Å². The minimum absolute atomic E-state index is 0.684. The lowest BCUT2D eigenvalue weighted by Gasteiger charge is -1.99. The van der Waals surface area contributed by atoms with E-state index in [2.05, 4.69) is 30.7 Å². The number of nitrogens with zero attached hydrogens (tertiary/aromatic N) is 5. The summed E-state index contributed by atoms with van der Waals surface area (Å²) in [6.45, 7) is 5.88. The van der Waals surface area contributed by atoms with Crippen LogP contribution in [-0.4, -0.2) is 15.7 Å². The number of aromatic nitrogens is 2. The second kappa shape index (κ2) is 7.76. The molecule has 0 saturated heterocycles. The Morgan fingerprint density at radius 3 is 2.44 bits per heavy atom. The summed E-state index contributed by atoms with van der Waals surface area (Å²) in [7, 11) is 0. The van der Waals surface area contributed by atoms with E-state index in [4.69, 9.17) is 0 Å². The summed E-state index contributed by atoms with van der Waals surface area (Å²) in [5.41, 5.74) is 7.69. The van der Waals surface area contributed by atoms with Gasteiger partial charge in [-0.05, 0) is 45.0 Å². The summed E-state index contributed by atoms with van der Waals surface area (Å²) in [6.07, 6.45) is 3.48. The third-order valence-corrected chi connectivity index (χ3v) is 4.43. The summed E-state index contributed by atoms with van der Waals surface area (Å²) in [6, 6.07) is 11.7. The van der Waals surface area contributed by atoms with Crippen LogP contribution in [0, 0.1) is 13.8 Å². The molecular formula is C18H18N6S. The predicted molar refractivity (Wildman–Crippen MR) is 102 cm³/mol. The third kappa shape index (κ3) is 4.54. The van der Waals surface area contributed by atoms with Gasteiger partial charge >= 0.3 is 0 Å². The number of hydrogen-bond donors (Lipinski definition) is 1. The largest absolute Gasteiger partial charge is 0.265 e. The third-order valence-electron chi connectivity index (χ3n) is 3.48. The molecule has 0 bridgehead atoms. The molecule has 0 unspecified atom stereocenters. The molecule has 3 aromatic rings. The molecule has 1 aromatic carbocycles. The first-order valence-electron chi connectivity index (χ1n) is 7.78. The number of hydrazone groups is 1. The van der Waals surface area contributed by atoms with Crippen LogP contribution in [0.4, 0.5) is 15.8 Å². The molecule has 0 atom stereocenters. The molecular weight excluding hydrogens is 332 g/mol. The maximum absolute atomic E-state index is 4.44. The lowest BCUT2D eigenvalue weighted by Crippen LogP contribution is -1.99. The average Bonchev–Trinajstić information content (AvgIpc) is 3.00. The smallest absolute Gasteiger partial charge is 0.205 e. The fourth-order valence-corrected chi connectivity index (χ4v) is 2.76. The highest BCUT2D eigenvalue weighted by Crippen LogP contribution is 2.32. The van der Waals surface area contributed by atoms with Gasteiger partial charge in [0.1, 0.15) is 0 Å². The molecule has 0 aliphatic rings. The zero-order valence-electron chi connectivity index (χ0n) is 14.3. The minimum atomic E-state index is 0.684. The van der Waals surface area contributed by atoms with Gasteiger partial charge in [0.05, 0.1) is 17.1 Å². The Morgan fingerprint density at radius 2 is 1.72 bits per heavy atom. The highest BCUT2D eigenvalue weighted by molar-refractivity contribution is 7.19. The number of anilines is 1. The molecule has 7 heteroatoms. The Morgan fingerprint density at radius 1 is 1.00 bits per heavy atom. The Hall–Kier alpha value is -2.93. The molecule has 0 spiro atoms. The van der Waals surface area contributed by atoms with E-state index in [1.54, 1.807) is 12.4 Å². The van der Waals surface area contributed by atoms with Gasteiger partial charge in [-0.2, -0.15) is 5.10 Å². The Kier molecular flexibility index (Phi) is 5.25. The monoisotopic (exact) mass is 350 g/mol. The molecule has 0 aliphatic heterocycles. The van der Waals surface area contributed by atoms with Crippen molar-refractivity contribution in [2.45, 2.75) is 20.8 Å². The van der Waals surface area contributed by atoms with E-state index in [0.29, 0.717) is 5.13 Å². The van der Waals surface area contributed by atoms with Crippen molar-refractivity contribution in [1.29, 1.82) is 0 Å². The highest BCUT2D eigenvalue weighted by Gasteiger charge is 2.07. The number of azo groups is 1. The van der Waals surface area contributed by atoms with E-state index in [1.807, 2.05) is 57.2 Å². The van der Waals surface area contributed by atoms with Gasteiger partial charge in [-0.3, -0.25) is 10.4 Å². The average molecular weight is 350 g/mol. The normalized spacial score (nSPS) is 11.9. The van der Waals surface area contributed by atoms with Crippen LogP contribution in [0.1, 0.15) is 23.7 Å². The Bertz CT molecular complexity index is 897. The van der Waals surface area contributed by atoms with Crippen LogP contribution in [0.15, 0.2) is 64.1 Å². The van der Waals surface area contributed by atoms with Gasteiger partial charge in [-0.1, -0.05) is 29.0 Å². The van der Waals surface area contributed by atoms with Crippen molar-refractivity contribution in [3.05, 3.63) is 65.6 Å². The lowest BCUT2D eigenvalue weighted by atomic mass is 10.2. The molecule has 0 aliphatic carbocycles. The lowest BCUT2D eigenvalue weighted by molar-refractivity contribution is 1.17. The first-order chi connectivity index (χ1) is 12.1. The number of pyridine rings is 1. The fourth-order valence-electron chi connectivity index (χ4n) is 2.03. The zero-order chi connectivity index (χ0) is 17.6. The highest BCUT2D eigenvalue weighted by atomic mass is 32.1. The maximum Gasteiger partial charge on any atom is 0.205 e. The molecule has 1 N–H and O–H groups in total. The van der Waals surface area contributed by atoms with Crippen molar-refractivity contribution in [2.24, 2.45) is 15.3 Å². The van der Waals surface area contributed by atoms with E-state index in [-0.39, 0.29) is 0 Å². The van der Waals surface area contributed by atoms with E-state index >= 15 is 0 Å². The van der Waals surface area contributed by atoms with Crippen LogP contribution >= 0.6 is 11.3 Å². The summed E-state index contributed by atoms with van der Waals surface area (Å²) >= 11 is 1.42. The molecule has 0 saturated carbocycles. The summed E-state index contributed by atoms with van der Waals surface area (Å²) in [5.74, 6) is 0. The van der Waals surface area contributed by atoms with E-state index < -0.39 is 0 Å². The van der Waals surface area contributed by atoms with Crippen LogP contribution < -0.4 is 5.43 Å². The van der Waals surface area contributed by atoms with Gasteiger partial charge in [0.25, 0.3) is 0 Å². The first-order valence-corrected chi connectivity index (χ1v) is 8.60. The number of aryl methyl sites for hydroxylation is 2. The van der Waals surface area contributed by atoms with Gasteiger partial charge < -0.3 is 0 Å². The Balaban J connectivity index is 1.71. The quantitative estimate of drug-likeness (QED) is 0.380. The fraction of sp³-hybridized carbons (Fsp3) is 0.167. The minimum Gasteiger partial charge on any atom is -0.265 e. The van der Waals surface area contributed by atoms with Crippen LogP contribution in [0.25, 0.3) is 0 Å². The molecule has 2 aromatic heterocycles. The number of nitrogens with one attached hydrogen (secondary N) is 1. The molecule has 0 radical (unpaired) electrons. The van der Waals surface area contributed by atoms with Crippen molar-refractivity contribution >= 4 is 32.9 Å². The molecule has 25 heavy (non-hydrogen) atoms.